The molecule has 1 aromatic heterocycles. The van der Waals surface area contributed by atoms with Crippen LogP contribution in [0, 0.1) is 4.77 Å². The SMILES string of the molecule is CCn1c(-c2ccc(OC)cc2)nn(C[NH+]2CCC[C@H](O)C2)c1=S. The van der Waals surface area contributed by atoms with E-state index in [0.717, 1.165) is 54.4 Å². The molecule has 0 aliphatic carbocycles. The fourth-order valence-corrected chi connectivity index (χ4v) is 3.58. The molecule has 1 unspecified atom stereocenters. The van der Waals surface area contributed by atoms with E-state index in [4.69, 9.17) is 22.1 Å². The van der Waals surface area contributed by atoms with Crippen molar-refractivity contribution in [2.75, 3.05) is 20.2 Å². The van der Waals surface area contributed by atoms with Crippen molar-refractivity contribution in [2.24, 2.45) is 0 Å². The molecule has 0 spiro atoms. The number of benzene rings is 1. The van der Waals surface area contributed by atoms with Crippen LogP contribution in [0.3, 0.4) is 0 Å². The van der Waals surface area contributed by atoms with Gasteiger partial charge in [-0.05, 0) is 56.2 Å². The Hall–Kier alpha value is -1.70. The zero-order chi connectivity index (χ0) is 17.1. The Morgan fingerprint density at radius 1 is 1.38 bits per heavy atom. The predicted octanol–water partition coefficient (Wildman–Crippen LogP) is 1.11. The summed E-state index contributed by atoms with van der Waals surface area (Å²) in [7, 11) is 1.66. The van der Waals surface area contributed by atoms with Crippen molar-refractivity contribution in [1.82, 2.24) is 14.3 Å². The van der Waals surface area contributed by atoms with Crippen molar-refractivity contribution < 1.29 is 14.7 Å². The van der Waals surface area contributed by atoms with Gasteiger partial charge in [0.1, 0.15) is 18.4 Å². The Labute approximate surface area is 147 Å². The molecule has 0 radical (unpaired) electrons. The Morgan fingerprint density at radius 3 is 2.75 bits per heavy atom. The summed E-state index contributed by atoms with van der Waals surface area (Å²) < 4.78 is 9.90. The molecule has 1 saturated heterocycles. The number of nitrogens with one attached hydrogen (secondary N) is 1. The van der Waals surface area contributed by atoms with Crippen LogP contribution in [-0.2, 0) is 13.2 Å². The average Bonchev–Trinajstić information content (AvgIpc) is 2.91. The summed E-state index contributed by atoms with van der Waals surface area (Å²) in [5.74, 6) is 1.70. The van der Waals surface area contributed by atoms with E-state index >= 15 is 0 Å². The van der Waals surface area contributed by atoms with Gasteiger partial charge in [0.25, 0.3) is 0 Å². The number of piperidine rings is 1. The van der Waals surface area contributed by atoms with Gasteiger partial charge in [0.05, 0.1) is 13.7 Å². The summed E-state index contributed by atoms with van der Waals surface area (Å²) in [6, 6.07) is 7.88. The number of hydrogen-bond acceptors (Lipinski definition) is 4. The van der Waals surface area contributed by atoms with E-state index in [0.29, 0.717) is 6.67 Å². The summed E-state index contributed by atoms with van der Waals surface area (Å²) in [6.07, 6.45) is 1.73. The molecule has 2 N–H and O–H groups in total. The summed E-state index contributed by atoms with van der Waals surface area (Å²) in [6.45, 7) is 5.37. The molecule has 1 aliphatic rings. The van der Waals surface area contributed by atoms with Gasteiger partial charge in [0.2, 0.25) is 4.77 Å². The molecule has 0 bridgehead atoms. The first-order chi connectivity index (χ1) is 11.6. The van der Waals surface area contributed by atoms with Crippen LogP contribution >= 0.6 is 12.2 Å². The second-order valence-corrected chi connectivity index (χ2v) is 6.60. The van der Waals surface area contributed by atoms with E-state index in [2.05, 4.69) is 11.5 Å². The molecule has 1 fully saturated rings. The van der Waals surface area contributed by atoms with Gasteiger partial charge in [-0.25, -0.2) is 0 Å². The fraction of sp³-hybridized carbons (Fsp3) is 0.529. The minimum atomic E-state index is -0.211. The largest absolute Gasteiger partial charge is 0.497 e. The first-order valence-electron chi connectivity index (χ1n) is 8.46. The van der Waals surface area contributed by atoms with Crippen molar-refractivity contribution in [3.8, 4) is 17.1 Å². The summed E-state index contributed by atoms with van der Waals surface area (Å²) in [4.78, 5) is 1.33. The third-order valence-corrected chi connectivity index (χ3v) is 4.98. The highest BCUT2D eigenvalue weighted by atomic mass is 32.1. The molecule has 24 heavy (non-hydrogen) atoms. The average molecular weight is 349 g/mol. The topological polar surface area (TPSA) is 56.7 Å². The third kappa shape index (κ3) is 3.53. The Morgan fingerprint density at radius 2 is 2.12 bits per heavy atom. The maximum Gasteiger partial charge on any atom is 0.203 e. The molecule has 2 atom stereocenters. The molecule has 0 amide bonds. The molecule has 7 heteroatoms. The Bertz CT molecular complexity index is 738. The quantitative estimate of drug-likeness (QED) is 0.794. The molecular weight excluding hydrogens is 324 g/mol. The standard InChI is InChI=1S/C17H24N4O2S/c1-3-20-16(13-6-8-15(23-2)9-7-13)18-21(17(20)24)12-19-10-4-5-14(22)11-19/h6-9,14,22H,3-5,10-12H2,1-2H3/p+1/t14-/m0/s1. The van der Waals surface area contributed by atoms with Gasteiger partial charge >= 0.3 is 0 Å². The number of aliphatic hydroxyl groups excluding tert-OH is 1. The molecule has 2 aromatic rings. The lowest BCUT2D eigenvalue weighted by atomic mass is 10.1. The zero-order valence-corrected chi connectivity index (χ0v) is 15.1. The van der Waals surface area contributed by atoms with Crippen molar-refractivity contribution in [2.45, 2.75) is 39.1 Å². The first-order valence-corrected chi connectivity index (χ1v) is 8.87. The molecule has 0 saturated carbocycles. The second-order valence-electron chi connectivity index (χ2n) is 6.24. The highest BCUT2D eigenvalue weighted by Crippen LogP contribution is 2.21. The summed E-state index contributed by atoms with van der Waals surface area (Å²) in [5, 5.41) is 14.6. The number of nitrogens with zero attached hydrogens (tertiary/aromatic N) is 3. The van der Waals surface area contributed by atoms with Crippen molar-refractivity contribution in [1.29, 1.82) is 0 Å². The number of likely N-dealkylation sites (tertiary alicyclic amines) is 1. The zero-order valence-electron chi connectivity index (χ0n) is 14.2. The molecular formula is C17H25N4O2S+. The van der Waals surface area contributed by atoms with Gasteiger partial charge < -0.3 is 19.3 Å². The number of hydrogen-bond donors (Lipinski definition) is 2. The van der Waals surface area contributed by atoms with Crippen LogP contribution in [0.4, 0.5) is 0 Å². The monoisotopic (exact) mass is 349 g/mol. The number of aromatic nitrogens is 3. The van der Waals surface area contributed by atoms with Crippen molar-refractivity contribution in [3.05, 3.63) is 29.0 Å². The summed E-state index contributed by atoms with van der Waals surface area (Å²) >= 11 is 5.62. The Balaban J connectivity index is 1.88. The first kappa shape index (κ1) is 17.1. The number of rotatable bonds is 5. The molecule has 3 rings (SSSR count). The lowest BCUT2D eigenvalue weighted by Gasteiger charge is -2.26. The van der Waals surface area contributed by atoms with Crippen molar-refractivity contribution in [3.63, 3.8) is 0 Å². The highest BCUT2D eigenvalue weighted by Gasteiger charge is 2.22. The second kappa shape index (κ2) is 7.46. The number of ether oxygens (including phenoxy) is 1. The lowest BCUT2D eigenvalue weighted by molar-refractivity contribution is -0.931. The Kier molecular flexibility index (Phi) is 5.33. The van der Waals surface area contributed by atoms with Crippen LogP contribution in [0.15, 0.2) is 24.3 Å². The van der Waals surface area contributed by atoms with Crippen LogP contribution < -0.4 is 9.64 Å². The smallest absolute Gasteiger partial charge is 0.203 e. The van der Waals surface area contributed by atoms with Gasteiger partial charge in [-0.1, -0.05) is 0 Å². The van der Waals surface area contributed by atoms with Gasteiger partial charge in [-0.3, -0.25) is 0 Å². The van der Waals surface area contributed by atoms with E-state index < -0.39 is 0 Å². The molecule has 1 aromatic carbocycles. The molecule has 2 heterocycles. The van der Waals surface area contributed by atoms with Crippen LogP contribution in [0.25, 0.3) is 11.4 Å². The van der Waals surface area contributed by atoms with E-state index in [1.54, 1.807) is 7.11 Å². The summed E-state index contributed by atoms with van der Waals surface area (Å²) in [5.41, 5.74) is 1.02. The van der Waals surface area contributed by atoms with Gasteiger partial charge in [0.15, 0.2) is 12.5 Å². The van der Waals surface area contributed by atoms with Gasteiger partial charge in [-0.15, -0.1) is 5.10 Å². The number of aliphatic hydroxyl groups is 1. The minimum absolute atomic E-state index is 0.211. The lowest BCUT2D eigenvalue weighted by Crippen LogP contribution is -3.13. The van der Waals surface area contributed by atoms with Crippen LogP contribution in [-0.4, -0.2) is 45.8 Å². The van der Waals surface area contributed by atoms with Crippen LogP contribution in [0.1, 0.15) is 19.8 Å². The molecule has 130 valence electrons. The fourth-order valence-electron chi connectivity index (χ4n) is 3.26. The molecule has 1 aliphatic heterocycles. The maximum absolute atomic E-state index is 9.87. The van der Waals surface area contributed by atoms with Gasteiger partial charge in [0, 0.05) is 12.1 Å². The normalized spacial score (nSPS) is 21.0. The number of methoxy groups -OCH3 is 1. The predicted molar refractivity (Wildman–Crippen MR) is 94.7 cm³/mol. The molecule has 6 nitrogen and oxygen atoms in total. The van der Waals surface area contributed by atoms with Crippen LogP contribution in [0.5, 0.6) is 5.75 Å². The number of quaternary nitrogens is 1. The minimum Gasteiger partial charge on any atom is -0.497 e. The van der Waals surface area contributed by atoms with E-state index in [-0.39, 0.29) is 6.10 Å². The van der Waals surface area contributed by atoms with Crippen LogP contribution in [0.2, 0.25) is 0 Å². The van der Waals surface area contributed by atoms with Crippen molar-refractivity contribution >= 4 is 12.2 Å². The van der Waals surface area contributed by atoms with Gasteiger partial charge in [-0.2, -0.15) is 4.68 Å². The maximum atomic E-state index is 9.87. The van der Waals surface area contributed by atoms with E-state index in [1.807, 2.05) is 28.9 Å². The highest BCUT2D eigenvalue weighted by molar-refractivity contribution is 7.71. The third-order valence-electron chi connectivity index (χ3n) is 4.55. The van der Waals surface area contributed by atoms with E-state index in [9.17, 15) is 5.11 Å². The van der Waals surface area contributed by atoms with E-state index in [1.165, 1.54) is 4.90 Å².